The summed E-state index contributed by atoms with van der Waals surface area (Å²) in [6.07, 6.45) is 3.49. The molecule has 0 aliphatic heterocycles. The molecule has 5 nitrogen and oxygen atoms in total. The molecule has 0 aliphatic rings. The van der Waals surface area contributed by atoms with Crippen molar-refractivity contribution in [3.8, 4) is 28.2 Å². The highest BCUT2D eigenvalue weighted by Crippen LogP contribution is 2.42. The zero-order chi connectivity index (χ0) is 25.1. The van der Waals surface area contributed by atoms with E-state index in [-0.39, 0.29) is 5.82 Å². The molecule has 37 heavy (non-hydrogen) atoms. The molecule has 0 unspecified atom stereocenters. The monoisotopic (exact) mass is 484 g/mol. The van der Waals surface area contributed by atoms with Crippen molar-refractivity contribution in [2.75, 3.05) is 0 Å². The summed E-state index contributed by atoms with van der Waals surface area (Å²) in [7, 11) is 0. The summed E-state index contributed by atoms with van der Waals surface area (Å²) in [5.41, 5.74) is 8.87. The van der Waals surface area contributed by atoms with Gasteiger partial charge in [-0.2, -0.15) is 0 Å². The van der Waals surface area contributed by atoms with Gasteiger partial charge in [0.15, 0.2) is 5.58 Å². The Balaban J connectivity index is 1.59. The number of furan rings is 1. The molecule has 178 valence electrons. The van der Waals surface area contributed by atoms with Crippen molar-refractivity contribution in [3.05, 3.63) is 108 Å². The first kappa shape index (κ1) is 21.4. The third kappa shape index (κ3) is 3.41. The molecule has 7 aromatic rings. The molecule has 6 heteroatoms. The van der Waals surface area contributed by atoms with E-state index in [0.29, 0.717) is 11.2 Å². The summed E-state index contributed by atoms with van der Waals surface area (Å²) in [6.45, 7) is 3.99. The number of aryl methyl sites for hydroxylation is 2. The van der Waals surface area contributed by atoms with Crippen molar-refractivity contribution in [1.82, 2.24) is 19.5 Å². The SMILES string of the molecule is Cc1cc(-n2c(-c3ccc(-c4ccc(F)cc4)c4c3oc3cnccc34)nc3ccccc32)cc(C)n1. The number of hydrogen-bond acceptors (Lipinski definition) is 4. The van der Waals surface area contributed by atoms with Crippen LogP contribution >= 0.6 is 0 Å². The second-order valence-corrected chi connectivity index (χ2v) is 9.21. The standard InChI is InChI=1S/C31H21FN4O/c1-18-15-22(16-19(2)34-18)36-27-6-4-3-5-26(27)35-31(36)25-12-11-23(20-7-9-21(32)10-8-20)29-24-13-14-33-17-28(24)37-30(25)29/h3-17H,1-2H3. The molecular weight excluding hydrogens is 463 g/mol. The van der Waals surface area contributed by atoms with Crippen molar-refractivity contribution in [2.45, 2.75) is 13.8 Å². The minimum atomic E-state index is -0.269. The number of aromatic nitrogens is 4. The highest BCUT2D eigenvalue weighted by molar-refractivity contribution is 6.16. The van der Waals surface area contributed by atoms with Gasteiger partial charge in [-0.05, 0) is 73.5 Å². The lowest BCUT2D eigenvalue weighted by Crippen LogP contribution is -2.00. The molecule has 0 saturated carbocycles. The van der Waals surface area contributed by atoms with Crippen LogP contribution in [0.3, 0.4) is 0 Å². The molecule has 0 atom stereocenters. The maximum Gasteiger partial charge on any atom is 0.153 e. The highest BCUT2D eigenvalue weighted by Gasteiger charge is 2.22. The molecule has 0 fully saturated rings. The summed E-state index contributed by atoms with van der Waals surface area (Å²) in [4.78, 5) is 13.9. The molecule has 0 N–H and O–H groups in total. The second kappa shape index (κ2) is 8.10. The van der Waals surface area contributed by atoms with Gasteiger partial charge >= 0.3 is 0 Å². The summed E-state index contributed by atoms with van der Waals surface area (Å²) in [6, 6.07) is 24.8. The maximum atomic E-state index is 13.7. The average Bonchev–Trinajstić information content (AvgIpc) is 3.47. The van der Waals surface area contributed by atoms with E-state index in [0.717, 1.165) is 61.4 Å². The van der Waals surface area contributed by atoms with Gasteiger partial charge < -0.3 is 4.42 Å². The molecule has 7 rings (SSSR count). The zero-order valence-corrected chi connectivity index (χ0v) is 20.2. The highest BCUT2D eigenvalue weighted by atomic mass is 19.1. The number of halogens is 1. The zero-order valence-electron chi connectivity index (χ0n) is 20.2. The van der Waals surface area contributed by atoms with Gasteiger partial charge in [-0.3, -0.25) is 14.5 Å². The second-order valence-electron chi connectivity index (χ2n) is 9.21. The Morgan fingerprint density at radius 1 is 0.811 bits per heavy atom. The Labute approximate surface area is 211 Å². The number of nitrogens with zero attached hydrogens (tertiary/aromatic N) is 4. The van der Waals surface area contributed by atoms with Crippen molar-refractivity contribution in [2.24, 2.45) is 0 Å². The fourth-order valence-electron chi connectivity index (χ4n) is 5.19. The Kier molecular flexibility index (Phi) is 4.69. The van der Waals surface area contributed by atoms with Crippen LogP contribution in [0.15, 0.2) is 95.7 Å². The van der Waals surface area contributed by atoms with Crippen LogP contribution in [0.25, 0.3) is 61.2 Å². The van der Waals surface area contributed by atoms with E-state index in [1.807, 2.05) is 44.2 Å². The Morgan fingerprint density at radius 2 is 1.57 bits per heavy atom. The van der Waals surface area contributed by atoms with E-state index in [9.17, 15) is 4.39 Å². The predicted octanol–water partition coefficient (Wildman–Crippen LogP) is 7.80. The number of fused-ring (bicyclic) bond motifs is 4. The molecule has 0 amide bonds. The largest absolute Gasteiger partial charge is 0.454 e. The number of benzene rings is 3. The fourth-order valence-corrected chi connectivity index (χ4v) is 5.19. The van der Waals surface area contributed by atoms with Gasteiger partial charge in [0.25, 0.3) is 0 Å². The van der Waals surface area contributed by atoms with Crippen LogP contribution in [-0.2, 0) is 0 Å². The van der Waals surface area contributed by atoms with Crippen molar-refractivity contribution >= 4 is 33.0 Å². The molecule has 4 heterocycles. The number of pyridine rings is 2. The molecule has 0 spiro atoms. The maximum absolute atomic E-state index is 13.7. The first-order valence-electron chi connectivity index (χ1n) is 12.1. The van der Waals surface area contributed by atoms with E-state index < -0.39 is 0 Å². The molecular formula is C31H21FN4O. The number of imidazole rings is 1. The summed E-state index contributed by atoms with van der Waals surface area (Å²) < 4.78 is 22.3. The molecule has 0 radical (unpaired) electrons. The van der Waals surface area contributed by atoms with Crippen LogP contribution in [-0.4, -0.2) is 19.5 Å². The number of para-hydroxylation sites is 2. The number of rotatable bonds is 3. The van der Waals surface area contributed by atoms with Crippen molar-refractivity contribution < 1.29 is 8.81 Å². The molecule has 0 bridgehead atoms. The Hall–Kier alpha value is -4.84. The average molecular weight is 485 g/mol. The normalized spacial score (nSPS) is 11.6. The van der Waals surface area contributed by atoms with Gasteiger partial charge in [0, 0.05) is 28.4 Å². The van der Waals surface area contributed by atoms with Crippen molar-refractivity contribution in [1.29, 1.82) is 0 Å². The molecule has 3 aromatic carbocycles. The summed E-state index contributed by atoms with van der Waals surface area (Å²) >= 11 is 0. The quantitative estimate of drug-likeness (QED) is 0.257. The first-order valence-corrected chi connectivity index (χ1v) is 12.1. The van der Waals surface area contributed by atoms with Crippen LogP contribution < -0.4 is 0 Å². The first-order chi connectivity index (χ1) is 18.1. The predicted molar refractivity (Wildman–Crippen MR) is 144 cm³/mol. The lowest BCUT2D eigenvalue weighted by atomic mass is 9.97. The van der Waals surface area contributed by atoms with Crippen LogP contribution in [0, 0.1) is 19.7 Å². The third-order valence-electron chi connectivity index (χ3n) is 6.70. The number of hydrogen-bond donors (Lipinski definition) is 0. The van der Waals surface area contributed by atoms with E-state index in [1.165, 1.54) is 12.1 Å². The molecule has 0 aliphatic carbocycles. The fraction of sp³-hybridized carbons (Fsp3) is 0.0645. The van der Waals surface area contributed by atoms with Gasteiger partial charge in [0.1, 0.15) is 17.2 Å². The Morgan fingerprint density at radius 3 is 2.38 bits per heavy atom. The lowest BCUT2D eigenvalue weighted by molar-refractivity contribution is 0.628. The van der Waals surface area contributed by atoms with E-state index in [4.69, 9.17) is 9.40 Å². The minimum absolute atomic E-state index is 0.269. The third-order valence-corrected chi connectivity index (χ3v) is 6.70. The van der Waals surface area contributed by atoms with Gasteiger partial charge in [-0.1, -0.05) is 30.3 Å². The van der Waals surface area contributed by atoms with E-state index >= 15 is 0 Å². The van der Waals surface area contributed by atoms with E-state index in [1.54, 1.807) is 24.5 Å². The van der Waals surface area contributed by atoms with Crippen LogP contribution in [0.1, 0.15) is 11.4 Å². The van der Waals surface area contributed by atoms with Gasteiger partial charge in [0.05, 0.1) is 28.5 Å². The smallest absolute Gasteiger partial charge is 0.153 e. The van der Waals surface area contributed by atoms with Gasteiger partial charge in [0.2, 0.25) is 0 Å². The molecule has 0 saturated heterocycles. The Bertz CT molecular complexity index is 1950. The van der Waals surface area contributed by atoms with Crippen LogP contribution in [0.4, 0.5) is 4.39 Å². The van der Waals surface area contributed by atoms with Crippen LogP contribution in [0.2, 0.25) is 0 Å². The lowest BCUT2D eigenvalue weighted by Gasteiger charge is -2.13. The van der Waals surface area contributed by atoms with Crippen LogP contribution in [0.5, 0.6) is 0 Å². The van der Waals surface area contributed by atoms with Gasteiger partial charge in [-0.15, -0.1) is 0 Å². The van der Waals surface area contributed by atoms with Gasteiger partial charge in [-0.25, -0.2) is 9.37 Å². The topological polar surface area (TPSA) is 56.7 Å². The van der Waals surface area contributed by atoms with E-state index in [2.05, 4.69) is 38.8 Å². The van der Waals surface area contributed by atoms with Crippen molar-refractivity contribution in [3.63, 3.8) is 0 Å². The summed E-state index contributed by atoms with van der Waals surface area (Å²) in [5.74, 6) is 0.503. The molecule has 4 aromatic heterocycles. The minimum Gasteiger partial charge on any atom is -0.454 e. The summed E-state index contributed by atoms with van der Waals surface area (Å²) in [5, 5.41) is 1.90.